The Morgan fingerprint density at radius 2 is 2.11 bits per heavy atom. The summed E-state index contributed by atoms with van der Waals surface area (Å²) in [7, 11) is 0. The van der Waals surface area contributed by atoms with E-state index in [0.29, 0.717) is 25.0 Å². The van der Waals surface area contributed by atoms with Gasteiger partial charge in [0.05, 0.1) is 0 Å². The summed E-state index contributed by atoms with van der Waals surface area (Å²) >= 11 is 0. The smallest absolute Gasteiger partial charge is 0.222 e. The number of piperidine rings is 1. The van der Waals surface area contributed by atoms with Crippen molar-refractivity contribution in [1.82, 2.24) is 10.2 Å². The maximum absolute atomic E-state index is 12.3. The van der Waals surface area contributed by atoms with Gasteiger partial charge in [0.1, 0.15) is 0 Å². The molecule has 2 aliphatic rings. The predicted octanol–water partition coefficient (Wildman–Crippen LogP) is 1.79. The van der Waals surface area contributed by atoms with Gasteiger partial charge in [-0.15, -0.1) is 0 Å². The van der Waals surface area contributed by atoms with E-state index in [1.165, 1.54) is 25.7 Å². The zero-order valence-electron chi connectivity index (χ0n) is 12.2. The van der Waals surface area contributed by atoms with Crippen LogP contribution in [0.4, 0.5) is 0 Å². The van der Waals surface area contributed by atoms with Crippen molar-refractivity contribution in [2.75, 3.05) is 32.8 Å². The first-order chi connectivity index (χ1) is 9.33. The summed E-state index contributed by atoms with van der Waals surface area (Å²) in [5.41, 5.74) is 0. The molecule has 2 heterocycles. The number of likely N-dealkylation sites (tertiary alicyclic amines) is 1. The van der Waals surface area contributed by atoms with Crippen LogP contribution in [0.3, 0.4) is 0 Å². The van der Waals surface area contributed by atoms with Crippen molar-refractivity contribution in [3.8, 4) is 0 Å². The lowest BCUT2D eigenvalue weighted by atomic mass is 9.88. The van der Waals surface area contributed by atoms with E-state index < -0.39 is 0 Å². The fourth-order valence-electron chi connectivity index (χ4n) is 3.43. The van der Waals surface area contributed by atoms with E-state index in [4.69, 9.17) is 4.74 Å². The van der Waals surface area contributed by atoms with Crippen molar-refractivity contribution in [2.24, 2.45) is 5.92 Å². The third kappa shape index (κ3) is 4.18. The molecule has 1 N–H and O–H groups in total. The summed E-state index contributed by atoms with van der Waals surface area (Å²) in [4.78, 5) is 14.5. The molecule has 0 aromatic heterocycles. The van der Waals surface area contributed by atoms with E-state index in [9.17, 15) is 4.79 Å². The van der Waals surface area contributed by atoms with Crippen molar-refractivity contribution in [1.29, 1.82) is 0 Å². The van der Waals surface area contributed by atoms with Crippen LogP contribution >= 0.6 is 0 Å². The molecule has 0 aliphatic carbocycles. The van der Waals surface area contributed by atoms with E-state index in [1.807, 2.05) is 6.92 Å². The highest BCUT2D eigenvalue weighted by Crippen LogP contribution is 2.30. The molecule has 2 rings (SSSR count). The summed E-state index contributed by atoms with van der Waals surface area (Å²) in [6.07, 6.45) is 6.37. The van der Waals surface area contributed by atoms with E-state index in [-0.39, 0.29) is 0 Å². The Labute approximate surface area is 116 Å². The fourth-order valence-corrected chi connectivity index (χ4v) is 3.43. The Morgan fingerprint density at radius 3 is 2.84 bits per heavy atom. The number of ether oxygens (including phenoxy) is 1. The number of amides is 1. The summed E-state index contributed by atoms with van der Waals surface area (Å²) in [5.74, 6) is 1.07. The number of rotatable bonds is 6. The van der Waals surface area contributed by atoms with Gasteiger partial charge in [0.2, 0.25) is 5.91 Å². The molecule has 4 nitrogen and oxygen atoms in total. The zero-order valence-corrected chi connectivity index (χ0v) is 12.2. The maximum atomic E-state index is 12.3. The molecule has 1 amide bonds. The lowest BCUT2D eigenvalue weighted by molar-refractivity contribution is -0.133. The van der Waals surface area contributed by atoms with Gasteiger partial charge >= 0.3 is 0 Å². The molecule has 110 valence electrons. The van der Waals surface area contributed by atoms with E-state index in [0.717, 1.165) is 38.6 Å². The molecule has 4 heteroatoms. The molecule has 19 heavy (non-hydrogen) atoms. The van der Waals surface area contributed by atoms with E-state index in [2.05, 4.69) is 10.2 Å². The van der Waals surface area contributed by atoms with Gasteiger partial charge in [0, 0.05) is 32.2 Å². The summed E-state index contributed by atoms with van der Waals surface area (Å²) in [6.45, 7) is 6.67. The van der Waals surface area contributed by atoms with Crippen molar-refractivity contribution in [3.63, 3.8) is 0 Å². The largest absolute Gasteiger partial charge is 0.382 e. The van der Waals surface area contributed by atoms with Crippen LogP contribution in [0.1, 0.15) is 45.4 Å². The van der Waals surface area contributed by atoms with Crippen LogP contribution in [0.5, 0.6) is 0 Å². The molecule has 2 fully saturated rings. The number of nitrogens with zero attached hydrogens (tertiary/aromatic N) is 1. The van der Waals surface area contributed by atoms with Crippen LogP contribution in [0.25, 0.3) is 0 Å². The van der Waals surface area contributed by atoms with Gasteiger partial charge in [-0.1, -0.05) is 0 Å². The predicted molar refractivity (Wildman–Crippen MR) is 76.1 cm³/mol. The number of nitrogens with one attached hydrogen (secondary N) is 1. The molecule has 2 aliphatic heterocycles. The summed E-state index contributed by atoms with van der Waals surface area (Å²) < 4.78 is 5.31. The van der Waals surface area contributed by atoms with Crippen LogP contribution < -0.4 is 5.32 Å². The maximum Gasteiger partial charge on any atom is 0.222 e. The Hall–Kier alpha value is -0.610. The Morgan fingerprint density at radius 1 is 1.32 bits per heavy atom. The number of hydrogen-bond donors (Lipinski definition) is 1. The average Bonchev–Trinajstić information content (AvgIpc) is 2.94. The highest BCUT2D eigenvalue weighted by molar-refractivity contribution is 5.76. The van der Waals surface area contributed by atoms with Crippen LogP contribution in [-0.2, 0) is 9.53 Å². The first-order valence-electron chi connectivity index (χ1n) is 7.91. The van der Waals surface area contributed by atoms with Crippen LogP contribution in [0.2, 0.25) is 0 Å². The standard InChI is InChI=1S/C15H28N2O2/c1-2-19-12-4-6-15(18)17-11-3-5-14(17)13-7-9-16-10-8-13/h13-14,16H,2-12H2,1H3. The van der Waals surface area contributed by atoms with Gasteiger partial charge in [0.25, 0.3) is 0 Å². The summed E-state index contributed by atoms with van der Waals surface area (Å²) in [6, 6.07) is 0.515. The molecule has 1 atom stereocenters. The Kier molecular flexibility index (Phi) is 6.11. The topological polar surface area (TPSA) is 41.6 Å². The van der Waals surface area contributed by atoms with Crippen molar-refractivity contribution in [3.05, 3.63) is 0 Å². The third-order valence-electron chi connectivity index (χ3n) is 4.43. The lowest BCUT2D eigenvalue weighted by Gasteiger charge is -2.34. The number of carbonyl (C=O) groups excluding carboxylic acids is 1. The SMILES string of the molecule is CCOCCCC(=O)N1CCCC1C1CCNCC1. The van der Waals surface area contributed by atoms with Gasteiger partial charge in [-0.05, 0) is 58.0 Å². The molecule has 0 spiro atoms. The molecule has 1 unspecified atom stereocenters. The summed E-state index contributed by atoms with van der Waals surface area (Å²) in [5, 5.41) is 3.41. The van der Waals surface area contributed by atoms with Crippen molar-refractivity contribution < 1.29 is 9.53 Å². The van der Waals surface area contributed by atoms with Gasteiger partial charge in [0.15, 0.2) is 0 Å². The third-order valence-corrected chi connectivity index (χ3v) is 4.43. The Bertz CT molecular complexity index is 277. The van der Waals surface area contributed by atoms with E-state index in [1.54, 1.807) is 0 Å². The molecule has 0 aromatic carbocycles. The zero-order chi connectivity index (χ0) is 13.5. The van der Waals surface area contributed by atoms with Gasteiger partial charge < -0.3 is 15.0 Å². The molecule has 0 saturated carbocycles. The second-order valence-corrected chi connectivity index (χ2v) is 5.68. The number of carbonyl (C=O) groups is 1. The van der Waals surface area contributed by atoms with Crippen LogP contribution in [0, 0.1) is 5.92 Å². The minimum absolute atomic E-state index is 0.348. The Balaban J connectivity index is 1.78. The minimum atomic E-state index is 0.348. The quantitative estimate of drug-likeness (QED) is 0.747. The van der Waals surface area contributed by atoms with Gasteiger partial charge in [-0.2, -0.15) is 0 Å². The first kappa shape index (κ1) is 14.8. The average molecular weight is 268 g/mol. The van der Waals surface area contributed by atoms with Crippen LogP contribution in [0.15, 0.2) is 0 Å². The second-order valence-electron chi connectivity index (χ2n) is 5.68. The van der Waals surface area contributed by atoms with E-state index >= 15 is 0 Å². The highest BCUT2D eigenvalue weighted by Gasteiger charge is 2.34. The molecule has 0 bridgehead atoms. The molecular formula is C15H28N2O2. The van der Waals surface area contributed by atoms with Gasteiger partial charge in [-0.25, -0.2) is 0 Å². The van der Waals surface area contributed by atoms with Crippen molar-refractivity contribution >= 4 is 5.91 Å². The molecule has 0 radical (unpaired) electrons. The molecule has 0 aromatic rings. The number of hydrogen-bond acceptors (Lipinski definition) is 3. The normalized spacial score (nSPS) is 24.9. The monoisotopic (exact) mass is 268 g/mol. The first-order valence-corrected chi connectivity index (χ1v) is 7.91. The second kappa shape index (κ2) is 7.85. The highest BCUT2D eigenvalue weighted by atomic mass is 16.5. The molecular weight excluding hydrogens is 240 g/mol. The van der Waals surface area contributed by atoms with Gasteiger partial charge in [-0.3, -0.25) is 4.79 Å². The molecule has 2 saturated heterocycles. The lowest BCUT2D eigenvalue weighted by Crippen LogP contribution is -2.43. The minimum Gasteiger partial charge on any atom is -0.382 e. The van der Waals surface area contributed by atoms with Crippen LogP contribution in [-0.4, -0.2) is 49.7 Å². The van der Waals surface area contributed by atoms with Crippen molar-refractivity contribution in [2.45, 2.75) is 51.5 Å². The fraction of sp³-hybridized carbons (Fsp3) is 0.933.